The molecule has 2 aliphatic carbocycles. The van der Waals surface area contributed by atoms with Gasteiger partial charge in [-0.05, 0) is 80.2 Å². The van der Waals surface area contributed by atoms with Crippen molar-refractivity contribution in [1.29, 1.82) is 0 Å². The van der Waals surface area contributed by atoms with Crippen molar-refractivity contribution in [3.8, 4) is 0 Å². The predicted molar refractivity (Wildman–Crippen MR) is 121 cm³/mol. The molecule has 0 bridgehead atoms. The summed E-state index contributed by atoms with van der Waals surface area (Å²) in [7, 11) is 0. The number of aliphatic carboxylic acids is 1. The van der Waals surface area contributed by atoms with Crippen LogP contribution in [0.4, 0.5) is 0 Å². The lowest BCUT2D eigenvalue weighted by molar-refractivity contribution is -0.145. The second kappa shape index (κ2) is 10.6. The van der Waals surface area contributed by atoms with E-state index in [9.17, 15) is 9.90 Å². The predicted octanol–water partition coefficient (Wildman–Crippen LogP) is 7.85. The van der Waals surface area contributed by atoms with E-state index in [2.05, 4.69) is 38.1 Å². The normalized spacial score (nSPS) is 30.2. The van der Waals surface area contributed by atoms with Crippen LogP contribution in [0.15, 0.2) is 24.3 Å². The monoisotopic (exact) mass is 398 g/mol. The fraction of sp³-hybridized carbons (Fsp3) is 0.741. The van der Waals surface area contributed by atoms with Gasteiger partial charge in [-0.2, -0.15) is 0 Å². The Hall–Kier alpha value is -1.31. The summed E-state index contributed by atoms with van der Waals surface area (Å²) in [5.41, 5.74) is 1.82. The molecule has 2 saturated carbocycles. The van der Waals surface area contributed by atoms with E-state index < -0.39 is 11.4 Å². The van der Waals surface area contributed by atoms with Crippen LogP contribution in [0, 0.1) is 11.8 Å². The van der Waals surface area contributed by atoms with Gasteiger partial charge in [0.05, 0.1) is 5.41 Å². The molecule has 3 rings (SSSR count). The molecule has 0 aliphatic heterocycles. The molecule has 2 fully saturated rings. The molecule has 162 valence electrons. The van der Waals surface area contributed by atoms with Crippen LogP contribution in [0.1, 0.15) is 121 Å². The molecule has 2 aliphatic rings. The number of carboxylic acids is 1. The summed E-state index contributed by atoms with van der Waals surface area (Å²) in [6, 6.07) is 8.80. The Bertz CT molecular complexity index is 616. The highest BCUT2D eigenvalue weighted by molar-refractivity contribution is 5.81. The van der Waals surface area contributed by atoms with E-state index in [1.807, 2.05) is 0 Å². The quantitative estimate of drug-likeness (QED) is 0.430. The highest BCUT2D eigenvalue weighted by atomic mass is 16.4. The fourth-order valence-corrected chi connectivity index (χ4v) is 6.04. The second-order valence-electron chi connectivity index (χ2n) is 9.95. The van der Waals surface area contributed by atoms with Crippen LogP contribution >= 0.6 is 0 Å². The zero-order valence-corrected chi connectivity index (χ0v) is 18.8. The number of benzene rings is 1. The summed E-state index contributed by atoms with van der Waals surface area (Å²) in [5, 5.41) is 10.1. The summed E-state index contributed by atoms with van der Waals surface area (Å²) < 4.78 is 0. The number of rotatable bonds is 9. The number of hydrogen-bond donors (Lipinski definition) is 1. The smallest absolute Gasteiger partial charge is 0.314 e. The van der Waals surface area contributed by atoms with Gasteiger partial charge >= 0.3 is 5.97 Å². The van der Waals surface area contributed by atoms with Crippen molar-refractivity contribution in [1.82, 2.24) is 0 Å². The third-order valence-corrected chi connectivity index (χ3v) is 8.06. The fourth-order valence-electron chi connectivity index (χ4n) is 6.04. The second-order valence-corrected chi connectivity index (χ2v) is 9.95. The molecule has 1 aromatic carbocycles. The van der Waals surface area contributed by atoms with Crippen LogP contribution in [0.25, 0.3) is 0 Å². The summed E-state index contributed by atoms with van der Waals surface area (Å²) in [5.74, 6) is 1.71. The van der Waals surface area contributed by atoms with Gasteiger partial charge in [0.1, 0.15) is 0 Å². The average Bonchev–Trinajstić information content (AvgIpc) is 2.75. The van der Waals surface area contributed by atoms with Crippen LogP contribution in [0.5, 0.6) is 0 Å². The Labute approximate surface area is 178 Å². The minimum atomic E-state index is -0.653. The van der Waals surface area contributed by atoms with Crippen LogP contribution in [-0.4, -0.2) is 11.1 Å². The van der Waals surface area contributed by atoms with E-state index >= 15 is 0 Å². The van der Waals surface area contributed by atoms with Gasteiger partial charge in [0.15, 0.2) is 0 Å². The van der Waals surface area contributed by atoms with Crippen LogP contribution < -0.4 is 0 Å². The molecule has 2 nitrogen and oxygen atoms in total. The van der Waals surface area contributed by atoms with Crippen LogP contribution in [0.2, 0.25) is 0 Å². The first-order chi connectivity index (χ1) is 14.1. The zero-order chi connectivity index (χ0) is 20.7. The van der Waals surface area contributed by atoms with Crippen LogP contribution in [0.3, 0.4) is 0 Å². The van der Waals surface area contributed by atoms with E-state index in [-0.39, 0.29) is 0 Å². The first-order valence-corrected chi connectivity index (χ1v) is 12.4. The molecule has 2 heteroatoms. The molecule has 0 atom stereocenters. The number of carbonyl (C=O) groups is 1. The summed E-state index contributed by atoms with van der Waals surface area (Å²) in [6.07, 6.45) is 17.0. The van der Waals surface area contributed by atoms with E-state index in [1.54, 1.807) is 0 Å². The topological polar surface area (TPSA) is 37.3 Å². The lowest BCUT2D eigenvalue weighted by Gasteiger charge is -2.37. The molecule has 0 radical (unpaired) electrons. The largest absolute Gasteiger partial charge is 0.481 e. The lowest BCUT2D eigenvalue weighted by Crippen LogP contribution is -2.39. The highest BCUT2D eigenvalue weighted by Crippen LogP contribution is 2.44. The lowest BCUT2D eigenvalue weighted by atomic mass is 9.65. The molecule has 0 unspecified atom stereocenters. The van der Waals surface area contributed by atoms with E-state index in [4.69, 9.17) is 0 Å². The summed E-state index contributed by atoms with van der Waals surface area (Å²) >= 11 is 0. The third-order valence-electron chi connectivity index (χ3n) is 8.06. The number of carboxylic acid groups (broad SMARTS) is 1. The molecular formula is C27H42O2. The van der Waals surface area contributed by atoms with Crippen molar-refractivity contribution in [2.45, 2.75) is 115 Å². The molecular weight excluding hydrogens is 356 g/mol. The average molecular weight is 399 g/mol. The Balaban J connectivity index is 1.60. The van der Waals surface area contributed by atoms with Crippen molar-refractivity contribution in [2.75, 3.05) is 0 Å². The van der Waals surface area contributed by atoms with Gasteiger partial charge in [-0.15, -0.1) is 0 Å². The Kier molecular flexibility index (Phi) is 8.21. The van der Waals surface area contributed by atoms with Crippen molar-refractivity contribution < 1.29 is 9.90 Å². The Morgan fingerprint density at radius 1 is 0.862 bits per heavy atom. The maximum Gasteiger partial charge on any atom is 0.314 e. The van der Waals surface area contributed by atoms with E-state index in [1.165, 1.54) is 69.8 Å². The zero-order valence-electron chi connectivity index (χ0n) is 18.8. The minimum absolute atomic E-state index is 0.618. The molecule has 0 aromatic heterocycles. The van der Waals surface area contributed by atoms with Crippen molar-refractivity contribution in [3.63, 3.8) is 0 Å². The number of hydrogen-bond acceptors (Lipinski definition) is 1. The minimum Gasteiger partial charge on any atom is -0.481 e. The first kappa shape index (κ1) is 22.4. The maximum atomic E-state index is 12.3. The molecule has 0 heterocycles. The van der Waals surface area contributed by atoms with Gasteiger partial charge < -0.3 is 5.11 Å². The molecule has 0 spiro atoms. The van der Waals surface area contributed by atoms with Gasteiger partial charge in [0, 0.05) is 0 Å². The van der Waals surface area contributed by atoms with Gasteiger partial charge in [0.25, 0.3) is 0 Å². The highest BCUT2D eigenvalue weighted by Gasteiger charge is 2.43. The van der Waals surface area contributed by atoms with Crippen molar-refractivity contribution >= 4 is 5.97 Å². The molecule has 0 saturated heterocycles. The summed E-state index contributed by atoms with van der Waals surface area (Å²) in [4.78, 5) is 12.3. The van der Waals surface area contributed by atoms with E-state index in [0.717, 1.165) is 43.1 Å². The van der Waals surface area contributed by atoms with Crippen molar-refractivity contribution in [2.24, 2.45) is 11.8 Å². The maximum absolute atomic E-state index is 12.3. The van der Waals surface area contributed by atoms with Crippen molar-refractivity contribution in [3.05, 3.63) is 35.4 Å². The van der Waals surface area contributed by atoms with Gasteiger partial charge in [-0.25, -0.2) is 0 Å². The summed E-state index contributed by atoms with van der Waals surface area (Å²) in [6.45, 7) is 4.52. The van der Waals surface area contributed by atoms with E-state index in [0.29, 0.717) is 5.92 Å². The molecule has 29 heavy (non-hydrogen) atoms. The van der Waals surface area contributed by atoms with Crippen LogP contribution in [-0.2, 0) is 10.2 Å². The molecule has 0 amide bonds. The molecule has 1 aromatic rings. The van der Waals surface area contributed by atoms with Gasteiger partial charge in [-0.1, -0.05) is 76.6 Å². The Morgan fingerprint density at radius 2 is 1.48 bits per heavy atom. The standard InChI is InChI=1S/C27H42O2/c1-3-5-6-8-22-9-11-23(12-10-22)24-13-15-25(16-14-24)27(26(28)29)19-17-21(7-4-2)18-20-27/h13-16,21-23H,3-12,17-20H2,1-2H3,(H,28,29). The van der Waals surface area contributed by atoms with Gasteiger partial charge in [0.2, 0.25) is 0 Å². The first-order valence-electron chi connectivity index (χ1n) is 12.4. The number of unbranched alkanes of at least 4 members (excludes halogenated alkanes) is 2. The Morgan fingerprint density at radius 3 is 2.03 bits per heavy atom. The van der Waals surface area contributed by atoms with Gasteiger partial charge in [-0.3, -0.25) is 4.79 Å². The SMILES string of the molecule is CCCCCC1CCC(c2ccc(C3(C(=O)O)CCC(CCC)CC3)cc2)CC1. The third kappa shape index (κ3) is 5.44. The molecule has 1 N–H and O–H groups in total.